The van der Waals surface area contributed by atoms with E-state index in [1.165, 1.54) is 127 Å². The monoisotopic (exact) mass is 1300 g/mol. The standard InChI is InChI=1S/C39H56N6O4.C34H53N5O4S/c1-2-3-4-5-6-7-8-9-10-12-28-42-36(46)18-15-30-49-35-22-20-34(21-23-35)44-38(39(48)43-29-25-33-17-11-13-27-41-33)45-37(47)24-19-32-16-14-26-40-31-32;1-3-4-5-6-7-8-9-10-11-13-24-36-31(40)17-15-26-43-30-20-18-29(19-21-30)38-33(39-32(41)27-44-2)34(42)37-25-22-28-16-12-14-23-35-28/h11,13-14,16-17,20-23,26-27,31,38,44H,2-10,12,15,18-19,24-25,28-30H2,1H3,(H,42,46)(H,43,48)(H,45,47);12,14,16,18-21,23,33,38H,3-11,13,15,17,22,24-27H2,1-2H3,(H,36,40)(H,37,42)(H,39,41). The lowest BCUT2D eigenvalue weighted by Gasteiger charge is -2.21. The number of aryl methyl sites for hydroxylation is 1. The van der Waals surface area contributed by atoms with Gasteiger partial charge in [0.25, 0.3) is 11.8 Å². The minimum Gasteiger partial charge on any atom is -0.494 e. The fourth-order valence-electron chi connectivity index (χ4n) is 9.96. The Morgan fingerprint density at radius 3 is 1.25 bits per heavy atom. The van der Waals surface area contributed by atoms with Crippen LogP contribution in [-0.4, -0.2) is 114 Å². The van der Waals surface area contributed by atoms with E-state index >= 15 is 0 Å². The number of nitrogens with one attached hydrogen (secondary N) is 8. The molecule has 0 bridgehead atoms. The second kappa shape index (κ2) is 51.7. The predicted octanol–water partition coefficient (Wildman–Crippen LogP) is 12.4. The number of unbranched alkanes of at least 4 members (excludes halogenated alkanes) is 18. The van der Waals surface area contributed by atoms with E-state index in [1.54, 1.807) is 73.3 Å². The molecule has 0 fully saturated rings. The zero-order valence-electron chi connectivity index (χ0n) is 56.0. The van der Waals surface area contributed by atoms with Crippen LogP contribution in [0.2, 0.25) is 0 Å². The summed E-state index contributed by atoms with van der Waals surface area (Å²) in [5.41, 5.74) is 4.01. The van der Waals surface area contributed by atoms with Crippen LogP contribution < -0.4 is 52.0 Å². The summed E-state index contributed by atoms with van der Waals surface area (Å²) in [7, 11) is 0. The van der Waals surface area contributed by atoms with Crippen LogP contribution in [0.4, 0.5) is 11.4 Å². The molecule has 20 heteroatoms. The molecule has 0 aliphatic rings. The van der Waals surface area contributed by atoms with Gasteiger partial charge in [0, 0.05) is 106 Å². The SMILES string of the molecule is CCCCCCCCCCCCNC(=O)CCCOc1ccc(NC(NC(=O)CCc2cccnc2)C(=O)NCCc2ccccn2)cc1.CCCCCCCCCCCCNC(=O)CCCOc1ccc(NC(NC(=O)CSC)C(=O)NCCc2ccccn2)cc1. The number of pyridine rings is 3. The third-order valence-electron chi connectivity index (χ3n) is 15.3. The summed E-state index contributed by atoms with van der Waals surface area (Å²) in [6, 6.07) is 29.4. The Hall–Kier alpha value is -7.74. The molecule has 0 saturated heterocycles. The van der Waals surface area contributed by atoms with Crippen molar-refractivity contribution in [1.29, 1.82) is 0 Å². The van der Waals surface area contributed by atoms with Crippen LogP contribution in [0.5, 0.6) is 11.5 Å². The summed E-state index contributed by atoms with van der Waals surface area (Å²) in [6.45, 7) is 7.61. The van der Waals surface area contributed by atoms with Crippen LogP contribution in [-0.2, 0) is 48.0 Å². The minimum absolute atomic E-state index is 0.0610. The van der Waals surface area contributed by atoms with Crippen LogP contribution in [0.3, 0.4) is 0 Å². The van der Waals surface area contributed by atoms with Crippen molar-refractivity contribution in [3.8, 4) is 11.5 Å². The molecule has 3 aromatic heterocycles. The minimum atomic E-state index is -0.976. The number of rotatable bonds is 51. The van der Waals surface area contributed by atoms with E-state index in [2.05, 4.69) is 71.3 Å². The van der Waals surface area contributed by atoms with Crippen molar-refractivity contribution >= 4 is 58.6 Å². The van der Waals surface area contributed by atoms with Gasteiger partial charge < -0.3 is 52.0 Å². The highest BCUT2D eigenvalue weighted by Crippen LogP contribution is 2.19. The topological polar surface area (TPSA) is 256 Å². The maximum Gasteiger partial charge on any atom is 0.263 e. The average Bonchev–Trinajstić information content (AvgIpc) is 2.25. The molecule has 0 aliphatic heterocycles. The number of aromatic nitrogens is 3. The van der Waals surface area contributed by atoms with E-state index in [-0.39, 0.29) is 47.6 Å². The number of thioether (sulfide) groups is 1. The van der Waals surface area contributed by atoms with E-state index < -0.39 is 12.3 Å². The Labute approximate surface area is 559 Å². The lowest BCUT2D eigenvalue weighted by molar-refractivity contribution is -0.128. The number of hydrogen-bond acceptors (Lipinski definition) is 14. The highest BCUT2D eigenvalue weighted by Gasteiger charge is 2.22. The molecular weight excluding hydrogens is 1190 g/mol. The summed E-state index contributed by atoms with van der Waals surface area (Å²) < 4.78 is 11.6. The van der Waals surface area contributed by atoms with E-state index in [0.29, 0.717) is 94.1 Å². The molecule has 0 saturated carbocycles. The Morgan fingerprint density at radius 1 is 0.419 bits per heavy atom. The normalized spacial score (nSPS) is 11.4. The maximum absolute atomic E-state index is 13.1. The summed E-state index contributed by atoms with van der Waals surface area (Å²) in [4.78, 5) is 88.0. The van der Waals surface area contributed by atoms with Crippen molar-refractivity contribution in [2.45, 2.75) is 206 Å². The lowest BCUT2D eigenvalue weighted by atomic mass is 10.1. The first-order valence-electron chi connectivity index (χ1n) is 34.4. The average molecular weight is 1300 g/mol. The van der Waals surface area contributed by atoms with Gasteiger partial charge >= 0.3 is 0 Å². The third-order valence-corrected chi connectivity index (χ3v) is 15.8. The predicted molar refractivity (Wildman–Crippen MR) is 376 cm³/mol. The van der Waals surface area contributed by atoms with E-state index in [4.69, 9.17) is 9.47 Å². The molecule has 5 aromatic rings. The van der Waals surface area contributed by atoms with Gasteiger partial charge in [-0.25, -0.2) is 0 Å². The highest BCUT2D eigenvalue weighted by molar-refractivity contribution is 7.99. The van der Waals surface area contributed by atoms with Crippen molar-refractivity contribution in [3.63, 3.8) is 0 Å². The van der Waals surface area contributed by atoms with Gasteiger partial charge in [0.2, 0.25) is 23.6 Å². The number of carbonyl (C=O) groups excluding carboxylic acids is 6. The van der Waals surface area contributed by atoms with Crippen molar-refractivity contribution in [3.05, 3.63) is 139 Å². The quantitative estimate of drug-likeness (QED) is 0.0133. The molecular formula is C73H109N11O8S. The fourth-order valence-corrected chi connectivity index (χ4v) is 10.3. The molecule has 6 amide bonds. The van der Waals surface area contributed by atoms with Gasteiger partial charge in [-0.05, 0) is 123 Å². The highest BCUT2D eigenvalue weighted by atomic mass is 32.2. The number of benzene rings is 2. The molecule has 5 rings (SSSR count). The molecule has 8 N–H and O–H groups in total. The lowest BCUT2D eigenvalue weighted by Crippen LogP contribution is -2.52. The summed E-state index contributed by atoms with van der Waals surface area (Å²) >= 11 is 1.39. The number of anilines is 2. The van der Waals surface area contributed by atoms with Crippen molar-refractivity contribution in [1.82, 2.24) is 46.9 Å². The summed E-state index contributed by atoms with van der Waals surface area (Å²) in [5.74, 6) is 0.541. The van der Waals surface area contributed by atoms with Crippen LogP contribution in [0.15, 0.2) is 122 Å². The van der Waals surface area contributed by atoms with Crippen LogP contribution in [0.25, 0.3) is 0 Å². The second-order valence-electron chi connectivity index (χ2n) is 23.3. The van der Waals surface area contributed by atoms with Gasteiger partial charge in [0.1, 0.15) is 11.5 Å². The fraction of sp³-hybridized carbons (Fsp3) is 0.548. The molecule has 2 aromatic carbocycles. The Morgan fingerprint density at radius 2 is 0.849 bits per heavy atom. The Balaban J connectivity index is 0.000000399. The van der Waals surface area contributed by atoms with Crippen molar-refractivity contribution < 1.29 is 38.2 Å². The molecule has 3 heterocycles. The molecule has 93 heavy (non-hydrogen) atoms. The second-order valence-corrected chi connectivity index (χ2v) is 24.2. The molecule has 0 spiro atoms. The smallest absolute Gasteiger partial charge is 0.263 e. The number of hydrogen-bond donors (Lipinski definition) is 8. The van der Waals surface area contributed by atoms with Crippen LogP contribution in [0.1, 0.15) is 191 Å². The molecule has 2 unspecified atom stereocenters. The Bertz CT molecular complexity index is 2750. The first kappa shape index (κ1) is 77.7. The van der Waals surface area contributed by atoms with Gasteiger partial charge in [-0.15, -0.1) is 0 Å². The first-order chi connectivity index (χ1) is 45.5. The molecule has 0 radical (unpaired) electrons. The third kappa shape index (κ3) is 39.4. The van der Waals surface area contributed by atoms with Crippen LogP contribution >= 0.6 is 11.8 Å². The number of ether oxygens (including phenoxy) is 2. The first-order valence-corrected chi connectivity index (χ1v) is 35.8. The molecule has 510 valence electrons. The van der Waals surface area contributed by atoms with E-state index in [0.717, 1.165) is 42.9 Å². The van der Waals surface area contributed by atoms with Gasteiger partial charge in [-0.1, -0.05) is 148 Å². The summed E-state index contributed by atoms with van der Waals surface area (Å²) in [6.07, 6.45) is 36.4. The van der Waals surface area contributed by atoms with E-state index in [1.807, 2.05) is 54.8 Å². The number of amides is 6. The number of carbonyl (C=O) groups is 6. The molecule has 2 atom stereocenters. The van der Waals surface area contributed by atoms with Gasteiger partial charge in [-0.3, -0.25) is 43.7 Å². The molecule has 19 nitrogen and oxygen atoms in total. The van der Waals surface area contributed by atoms with Gasteiger partial charge in [0.05, 0.1) is 19.0 Å². The largest absolute Gasteiger partial charge is 0.494 e. The van der Waals surface area contributed by atoms with Crippen molar-refractivity contribution in [2.75, 3.05) is 62.0 Å². The van der Waals surface area contributed by atoms with Gasteiger partial charge in [-0.2, -0.15) is 11.8 Å². The van der Waals surface area contributed by atoms with E-state index in [9.17, 15) is 28.8 Å². The number of nitrogens with zero attached hydrogens (tertiary/aromatic N) is 3. The van der Waals surface area contributed by atoms with Crippen LogP contribution in [0, 0.1) is 0 Å². The molecule has 0 aliphatic carbocycles. The van der Waals surface area contributed by atoms with Gasteiger partial charge in [0.15, 0.2) is 12.3 Å². The van der Waals surface area contributed by atoms with Crippen molar-refractivity contribution in [2.24, 2.45) is 0 Å². The summed E-state index contributed by atoms with van der Waals surface area (Å²) in [5, 5.41) is 23.6. The zero-order valence-corrected chi connectivity index (χ0v) is 56.8. The Kier molecular flexibility index (Phi) is 43.2. The maximum atomic E-state index is 13.1. The zero-order chi connectivity index (χ0) is 66.5.